The van der Waals surface area contributed by atoms with Crippen LogP contribution in [0.4, 0.5) is 4.39 Å². The van der Waals surface area contributed by atoms with Crippen LogP contribution >= 0.6 is 0 Å². The van der Waals surface area contributed by atoms with E-state index in [1.54, 1.807) is 37.3 Å². The average Bonchev–Trinajstić information content (AvgIpc) is 2.71. The van der Waals surface area contributed by atoms with Crippen molar-refractivity contribution < 1.29 is 23.6 Å². The molecule has 0 atom stereocenters. The maximum absolute atomic E-state index is 13.4. The number of likely N-dealkylation sites (N-methyl/N-ethyl adjacent to an activating group) is 1. The fourth-order valence-electron chi connectivity index (χ4n) is 2.51. The van der Waals surface area contributed by atoms with Crippen LogP contribution in [0.25, 0.3) is 0 Å². The summed E-state index contributed by atoms with van der Waals surface area (Å²) in [5.74, 6) is -0.273. The number of oxime groups is 2. The van der Waals surface area contributed by atoms with Gasteiger partial charge in [0.15, 0.2) is 5.71 Å². The van der Waals surface area contributed by atoms with Crippen molar-refractivity contribution in [3.63, 3.8) is 0 Å². The minimum absolute atomic E-state index is 0.00569. The lowest BCUT2D eigenvalue weighted by Crippen LogP contribution is -2.29. The van der Waals surface area contributed by atoms with Crippen molar-refractivity contribution in [2.24, 2.45) is 10.3 Å². The first-order valence-corrected chi connectivity index (χ1v) is 8.43. The topological polar surface area (TPSA) is 81.5 Å². The third-order valence-electron chi connectivity index (χ3n) is 3.89. The smallest absolute Gasteiger partial charge is 0.273 e. The Balaban J connectivity index is 2.33. The summed E-state index contributed by atoms with van der Waals surface area (Å²) in [6.07, 6.45) is 0. The largest absolute Gasteiger partial charge is 0.496 e. The summed E-state index contributed by atoms with van der Waals surface area (Å²) in [4.78, 5) is 22.4. The van der Waals surface area contributed by atoms with E-state index < -0.39 is 5.91 Å². The molecule has 0 fully saturated rings. The molecule has 0 bridgehead atoms. The molecule has 2 rings (SSSR count). The van der Waals surface area contributed by atoms with E-state index in [1.807, 2.05) is 0 Å². The van der Waals surface area contributed by atoms with Gasteiger partial charge in [-0.3, -0.25) is 4.79 Å². The third-order valence-corrected chi connectivity index (χ3v) is 3.89. The first-order valence-electron chi connectivity index (χ1n) is 8.43. The second-order valence-electron chi connectivity index (χ2n) is 5.65. The molecule has 0 radical (unpaired) electrons. The minimum Gasteiger partial charge on any atom is -0.496 e. The van der Waals surface area contributed by atoms with Gasteiger partial charge in [-0.1, -0.05) is 34.6 Å². The molecule has 0 spiro atoms. The lowest BCUT2D eigenvalue weighted by Gasteiger charge is -2.14. The van der Waals surface area contributed by atoms with E-state index in [9.17, 15) is 9.18 Å². The van der Waals surface area contributed by atoms with Crippen molar-refractivity contribution >= 4 is 17.3 Å². The second-order valence-corrected chi connectivity index (χ2v) is 5.65. The van der Waals surface area contributed by atoms with E-state index in [-0.39, 0.29) is 18.1 Å². The molecule has 2 aromatic rings. The van der Waals surface area contributed by atoms with Crippen LogP contribution in [0.3, 0.4) is 0 Å². The van der Waals surface area contributed by atoms with Crippen molar-refractivity contribution in [2.75, 3.05) is 21.3 Å². The number of methoxy groups -OCH3 is 1. The number of benzene rings is 2. The maximum Gasteiger partial charge on any atom is 0.273 e. The highest BCUT2D eigenvalue weighted by Gasteiger charge is 2.20. The van der Waals surface area contributed by atoms with E-state index in [0.29, 0.717) is 28.2 Å². The molecule has 1 amide bonds. The molecule has 1 N–H and O–H groups in total. The monoisotopic (exact) mass is 387 g/mol. The molecule has 0 aliphatic heterocycles. The van der Waals surface area contributed by atoms with Gasteiger partial charge >= 0.3 is 0 Å². The van der Waals surface area contributed by atoms with Gasteiger partial charge in [0.2, 0.25) is 0 Å². The molecule has 0 saturated heterocycles. The third kappa shape index (κ3) is 5.06. The summed E-state index contributed by atoms with van der Waals surface area (Å²) in [5, 5.41) is 10.4. The number of hydrogen-bond donors (Lipinski definition) is 1. The van der Waals surface area contributed by atoms with E-state index in [4.69, 9.17) is 14.4 Å². The van der Waals surface area contributed by atoms with Gasteiger partial charge in [0.05, 0.1) is 12.8 Å². The Hall–Kier alpha value is -3.42. The van der Waals surface area contributed by atoms with Gasteiger partial charge in [0.1, 0.15) is 25.3 Å². The lowest BCUT2D eigenvalue weighted by atomic mass is 10.0. The normalized spacial score (nSPS) is 11.8. The van der Waals surface area contributed by atoms with Crippen LogP contribution in [0.2, 0.25) is 0 Å². The van der Waals surface area contributed by atoms with Crippen molar-refractivity contribution in [1.29, 1.82) is 0 Å². The summed E-state index contributed by atoms with van der Waals surface area (Å²) in [6.45, 7) is 1.71. The van der Waals surface area contributed by atoms with Gasteiger partial charge in [-0.05, 0) is 25.1 Å². The van der Waals surface area contributed by atoms with Crippen molar-refractivity contribution in [2.45, 2.75) is 13.5 Å². The average molecular weight is 387 g/mol. The first kappa shape index (κ1) is 20.9. The summed E-state index contributed by atoms with van der Waals surface area (Å²) in [7, 11) is 4.36. The Labute approximate surface area is 162 Å². The molecule has 0 aromatic heterocycles. The molecule has 8 heteroatoms. The Morgan fingerprint density at radius 2 is 1.89 bits per heavy atom. The van der Waals surface area contributed by atoms with Crippen molar-refractivity contribution in [1.82, 2.24) is 5.32 Å². The highest BCUT2D eigenvalue weighted by Crippen LogP contribution is 2.24. The predicted molar refractivity (Wildman–Crippen MR) is 104 cm³/mol. The van der Waals surface area contributed by atoms with Crippen LogP contribution in [0.5, 0.6) is 5.75 Å². The van der Waals surface area contributed by atoms with E-state index in [0.717, 1.165) is 0 Å². The molecule has 28 heavy (non-hydrogen) atoms. The summed E-state index contributed by atoms with van der Waals surface area (Å²) in [5.41, 5.74) is 2.24. The number of rotatable bonds is 8. The number of amides is 1. The zero-order valence-electron chi connectivity index (χ0n) is 16.2. The van der Waals surface area contributed by atoms with E-state index in [2.05, 4.69) is 15.6 Å². The first-order chi connectivity index (χ1) is 13.5. The maximum atomic E-state index is 13.4. The van der Waals surface area contributed by atoms with Gasteiger partial charge in [0.25, 0.3) is 5.91 Å². The Kier molecular flexibility index (Phi) is 7.50. The quantitative estimate of drug-likeness (QED) is 0.558. The standard InChI is InChI=1S/C20H22FN3O4/c1-13(14-7-5-8-15(21)11-14)23-28-12-17-16(9-6-10-18(17)26-3)19(24-27-4)20(25)22-2/h5-11H,12H2,1-4H3,(H,22,25)/b23-13+,24-19+. The zero-order chi connectivity index (χ0) is 20.5. The fraction of sp³-hybridized carbons (Fsp3) is 0.250. The van der Waals surface area contributed by atoms with Crippen LogP contribution in [-0.2, 0) is 21.1 Å². The number of nitrogens with one attached hydrogen (secondary N) is 1. The molecule has 2 aromatic carbocycles. The lowest BCUT2D eigenvalue weighted by molar-refractivity contribution is -0.114. The van der Waals surface area contributed by atoms with Gasteiger partial charge in [0, 0.05) is 23.7 Å². The fourth-order valence-corrected chi connectivity index (χ4v) is 2.51. The molecule has 0 aliphatic carbocycles. The SMILES string of the molecule is CNC(=O)/C(=N/OC)c1cccc(OC)c1CO/N=C(\C)c1cccc(F)c1. The van der Waals surface area contributed by atoms with Crippen LogP contribution < -0.4 is 10.1 Å². The zero-order valence-corrected chi connectivity index (χ0v) is 16.2. The Morgan fingerprint density at radius 1 is 1.14 bits per heavy atom. The van der Waals surface area contributed by atoms with Crippen molar-refractivity contribution in [3.05, 3.63) is 65.0 Å². The molecule has 0 saturated carbocycles. The van der Waals surface area contributed by atoms with Crippen LogP contribution in [0.15, 0.2) is 52.8 Å². The Morgan fingerprint density at radius 3 is 2.54 bits per heavy atom. The molecular formula is C20H22FN3O4. The highest BCUT2D eigenvalue weighted by atomic mass is 19.1. The predicted octanol–water partition coefficient (Wildman–Crippen LogP) is 2.87. The highest BCUT2D eigenvalue weighted by molar-refractivity contribution is 6.45. The molecule has 0 unspecified atom stereocenters. The number of halogens is 1. The number of carbonyl (C=O) groups excluding carboxylic acids is 1. The molecule has 148 valence electrons. The van der Waals surface area contributed by atoms with Gasteiger partial charge in [-0.15, -0.1) is 0 Å². The van der Waals surface area contributed by atoms with Crippen LogP contribution in [-0.4, -0.2) is 38.6 Å². The Bertz CT molecular complexity index is 897. The summed E-state index contributed by atoms with van der Waals surface area (Å²) < 4.78 is 18.7. The molecule has 7 nitrogen and oxygen atoms in total. The van der Waals surface area contributed by atoms with Crippen LogP contribution in [0.1, 0.15) is 23.6 Å². The number of nitrogens with zero attached hydrogens (tertiary/aromatic N) is 2. The minimum atomic E-state index is -0.421. The van der Waals surface area contributed by atoms with Crippen LogP contribution in [0, 0.1) is 5.82 Å². The summed E-state index contributed by atoms with van der Waals surface area (Å²) >= 11 is 0. The van der Waals surface area contributed by atoms with Gasteiger partial charge in [-0.2, -0.15) is 0 Å². The van der Waals surface area contributed by atoms with E-state index >= 15 is 0 Å². The number of hydrogen-bond acceptors (Lipinski definition) is 6. The van der Waals surface area contributed by atoms with Crippen molar-refractivity contribution in [3.8, 4) is 5.75 Å². The molecular weight excluding hydrogens is 365 g/mol. The van der Waals surface area contributed by atoms with Gasteiger partial charge < -0.3 is 19.7 Å². The second kappa shape index (κ2) is 10.1. The molecule has 0 heterocycles. The molecule has 0 aliphatic rings. The summed E-state index contributed by atoms with van der Waals surface area (Å²) in [6, 6.07) is 11.2. The van der Waals surface area contributed by atoms with Gasteiger partial charge in [-0.25, -0.2) is 4.39 Å². The van der Waals surface area contributed by atoms with E-state index in [1.165, 1.54) is 33.4 Å². The number of carbonyl (C=O) groups is 1. The number of ether oxygens (including phenoxy) is 1.